The molecule has 168 valence electrons. The average molecular weight is 444 g/mol. The molecule has 0 fully saturated rings. The maximum absolute atomic E-state index is 12.6. The number of benzene rings is 2. The molecule has 2 aromatic rings. The first-order valence-corrected chi connectivity index (χ1v) is 12.3. The molecule has 0 saturated heterocycles. The molecule has 2 aromatic carbocycles. The van der Waals surface area contributed by atoms with E-state index in [1.165, 1.54) is 14.2 Å². The highest BCUT2D eigenvalue weighted by Crippen LogP contribution is 2.37. The first kappa shape index (κ1) is 24.8. The highest BCUT2D eigenvalue weighted by Gasteiger charge is 2.50. The van der Waals surface area contributed by atoms with Crippen LogP contribution < -0.4 is 10.4 Å². The molecule has 31 heavy (non-hydrogen) atoms. The van der Waals surface area contributed by atoms with Gasteiger partial charge in [-0.15, -0.1) is 0 Å². The molecule has 0 aromatic heterocycles. The zero-order chi connectivity index (χ0) is 23.1. The summed E-state index contributed by atoms with van der Waals surface area (Å²) in [6.07, 6.45) is 0.0277. The van der Waals surface area contributed by atoms with Crippen LogP contribution in [0.25, 0.3) is 0 Å². The number of carbonyl (C=O) groups excluding carboxylic acids is 1. The summed E-state index contributed by atoms with van der Waals surface area (Å²) in [5.41, 5.74) is 0. The van der Waals surface area contributed by atoms with E-state index in [1.54, 1.807) is 0 Å². The fourth-order valence-electron chi connectivity index (χ4n) is 3.99. The van der Waals surface area contributed by atoms with E-state index in [0.717, 1.165) is 15.4 Å². The Kier molecular flexibility index (Phi) is 8.56. The largest absolute Gasteiger partial charge is 0.481 e. The summed E-state index contributed by atoms with van der Waals surface area (Å²) in [7, 11) is 0.140. The van der Waals surface area contributed by atoms with Gasteiger partial charge in [-0.05, 0) is 21.8 Å². The Balaban J connectivity index is 2.40. The highest BCUT2D eigenvalue weighted by molar-refractivity contribution is 6.99. The van der Waals surface area contributed by atoms with Crippen LogP contribution in [-0.4, -0.2) is 51.1 Å². The summed E-state index contributed by atoms with van der Waals surface area (Å²) in [4.78, 5) is 28.9. The number of amides is 1. The predicted molar refractivity (Wildman–Crippen MR) is 124 cm³/mol. The van der Waals surface area contributed by atoms with Crippen LogP contribution in [0.4, 0.5) is 0 Å². The van der Waals surface area contributed by atoms with Crippen LogP contribution in [0.3, 0.4) is 0 Å². The molecular weight excluding hydrogens is 410 g/mol. The fourth-order valence-corrected chi connectivity index (χ4v) is 8.57. The Morgan fingerprint density at radius 2 is 1.48 bits per heavy atom. The molecule has 1 atom stereocenters. The van der Waals surface area contributed by atoms with Crippen molar-refractivity contribution >= 4 is 30.6 Å². The molecule has 1 unspecified atom stereocenters. The lowest BCUT2D eigenvalue weighted by Crippen LogP contribution is -2.66. The zero-order valence-corrected chi connectivity index (χ0v) is 20.0. The quantitative estimate of drug-likeness (QED) is 0.451. The van der Waals surface area contributed by atoms with E-state index in [9.17, 15) is 14.7 Å². The van der Waals surface area contributed by atoms with Crippen molar-refractivity contribution in [2.75, 3.05) is 20.8 Å². The number of carboxylic acids is 1. The number of rotatable bonds is 10. The Morgan fingerprint density at radius 3 is 1.87 bits per heavy atom. The molecule has 0 radical (unpaired) electrons. The normalized spacial score (nSPS) is 12.9. The lowest BCUT2D eigenvalue weighted by molar-refractivity contribution is -0.175. The first-order valence-electron chi connectivity index (χ1n) is 10.4. The molecule has 1 amide bonds. The second kappa shape index (κ2) is 10.7. The van der Waals surface area contributed by atoms with Crippen LogP contribution in [-0.2, 0) is 18.9 Å². The maximum atomic E-state index is 12.6. The molecule has 0 spiro atoms. The third-order valence-electron chi connectivity index (χ3n) is 5.56. The summed E-state index contributed by atoms with van der Waals surface area (Å²) in [5, 5.41) is 12.5. The summed E-state index contributed by atoms with van der Waals surface area (Å²) in [6.45, 7) is 6.81. The van der Waals surface area contributed by atoms with Crippen LogP contribution in [0.15, 0.2) is 60.7 Å². The predicted octanol–water partition coefficient (Wildman–Crippen LogP) is 3.06. The van der Waals surface area contributed by atoms with E-state index in [-0.39, 0.29) is 24.0 Å². The Hall–Kier alpha value is -2.48. The van der Waals surface area contributed by atoms with Crippen LogP contribution in [0.2, 0.25) is 5.04 Å². The second-order valence-electron chi connectivity index (χ2n) is 8.61. The minimum absolute atomic E-state index is 0.189. The van der Waals surface area contributed by atoms with Gasteiger partial charge in [0.25, 0.3) is 8.32 Å². The van der Waals surface area contributed by atoms with E-state index in [0.29, 0.717) is 6.42 Å². The van der Waals surface area contributed by atoms with Crippen molar-refractivity contribution in [3.63, 3.8) is 0 Å². The van der Waals surface area contributed by atoms with Gasteiger partial charge in [-0.25, -0.2) is 5.06 Å². The lowest BCUT2D eigenvalue weighted by atomic mass is 10.0. The van der Waals surface area contributed by atoms with Gasteiger partial charge in [0.1, 0.15) is 0 Å². The van der Waals surface area contributed by atoms with Crippen molar-refractivity contribution in [1.29, 1.82) is 0 Å². The lowest BCUT2D eigenvalue weighted by Gasteiger charge is -2.43. The minimum Gasteiger partial charge on any atom is -0.481 e. The molecule has 0 bridgehead atoms. The average Bonchev–Trinajstić information content (AvgIpc) is 2.75. The number of hydroxylamine groups is 2. The molecule has 7 heteroatoms. The van der Waals surface area contributed by atoms with Gasteiger partial charge in [0.15, 0.2) is 0 Å². The van der Waals surface area contributed by atoms with Crippen molar-refractivity contribution < 1.29 is 24.0 Å². The van der Waals surface area contributed by atoms with Crippen molar-refractivity contribution in [2.24, 2.45) is 5.92 Å². The molecule has 0 aliphatic rings. The summed E-state index contributed by atoms with van der Waals surface area (Å²) in [6, 6.07) is 20.4. The molecule has 6 nitrogen and oxygen atoms in total. The van der Waals surface area contributed by atoms with Gasteiger partial charge in [0.05, 0.1) is 19.4 Å². The van der Waals surface area contributed by atoms with Gasteiger partial charge in [-0.1, -0.05) is 81.4 Å². The summed E-state index contributed by atoms with van der Waals surface area (Å²) < 4.78 is 6.78. The third-order valence-corrected chi connectivity index (χ3v) is 10.6. The van der Waals surface area contributed by atoms with Crippen molar-refractivity contribution in [2.45, 2.75) is 38.7 Å². The van der Waals surface area contributed by atoms with E-state index in [1.807, 2.05) is 36.4 Å². The van der Waals surface area contributed by atoms with E-state index >= 15 is 0 Å². The first-order chi connectivity index (χ1) is 14.6. The summed E-state index contributed by atoms with van der Waals surface area (Å²) in [5.74, 6) is -2.11. The van der Waals surface area contributed by atoms with E-state index < -0.39 is 20.2 Å². The fraction of sp³-hybridized carbons (Fsp3) is 0.417. The summed E-state index contributed by atoms with van der Waals surface area (Å²) >= 11 is 0. The number of carbonyl (C=O) groups is 2. The molecule has 0 aliphatic carbocycles. The van der Waals surface area contributed by atoms with E-state index in [2.05, 4.69) is 45.0 Å². The molecule has 2 rings (SSSR count). The number of hydrogen-bond donors (Lipinski definition) is 1. The maximum Gasteiger partial charge on any atom is 0.304 e. The van der Waals surface area contributed by atoms with Gasteiger partial charge >= 0.3 is 5.97 Å². The SMILES string of the molecule is CON(C)C(=O)C(CCO[Si](c1ccccc1)(c1ccccc1)C(C)(C)C)CC(=O)O. The minimum atomic E-state index is -2.73. The highest BCUT2D eigenvalue weighted by atomic mass is 28.4. The van der Waals surface area contributed by atoms with Crippen molar-refractivity contribution in [3.8, 4) is 0 Å². The Morgan fingerprint density at radius 1 is 1.00 bits per heavy atom. The number of aliphatic carboxylic acids is 1. The molecule has 0 aliphatic heterocycles. The topological polar surface area (TPSA) is 76.1 Å². The third kappa shape index (κ3) is 5.81. The number of nitrogens with zero attached hydrogens (tertiary/aromatic N) is 1. The monoisotopic (exact) mass is 443 g/mol. The number of carboxylic acid groups (broad SMARTS) is 1. The van der Waals surface area contributed by atoms with Gasteiger partial charge in [0.2, 0.25) is 5.91 Å². The van der Waals surface area contributed by atoms with Crippen LogP contribution in [0.5, 0.6) is 0 Å². The van der Waals surface area contributed by atoms with Gasteiger partial charge in [-0.3, -0.25) is 14.4 Å². The van der Waals surface area contributed by atoms with Gasteiger partial charge in [0, 0.05) is 13.7 Å². The molecule has 0 saturated carbocycles. The van der Waals surface area contributed by atoms with Crippen LogP contribution in [0.1, 0.15) is 33.6 Å². The molecule has 0 heterocycles. The van der Waals surface area contributed by atoms with Crippen molar-refractivity contribution in [1.82, 2.24) is 5.06 Å². The van der Waals surface area contributed by atoms with Crippen LogP contribution >= 0.6 is 0 Å². The van der Waals surface area contributed by atoms with Crippen LogP contribution in [0, 0.1) is 5.92 Å². The second-order valence-corrected chi connectivity index (χ2v) is 12.9. The zero-order valence-electron chi connectivity index (χ0n) is 19.0. The standard InChI is InChI=1S/C24H33NO5Si/c1-24(2,3)31(20-12-8-6-9-13-20,21-14-10-7-11-15-21)30-17-16-19(18-22(26)27)23(28)25(4)29-5/h6-15,19H,16-18H2,1-5H3,(H,26,27). The Labute approximate surface area is 185 Å². The molecule has 1 N–H and O–H groups in total. The number of hydrogen-bond acceptors (Lipinski definition) is 4. The smallest absolute Gasteiger partial charge is 0.304 e. The van der Waals surface area contributed by atoms with Gasteiger partial charge < -0.3 is 9.53 Å². The Bertz CT molecular complexity index is 812. The molecular formula is C24H33NO5Si. The van der Waals surface area contributed by atoms with Crippen molar-refractivity contribution in [3.05, 3.63) is 60.7 Å². The van der Waals surface area contributed by atoms with E-state index in [4.69, 9.17) is 9.26 Å². The van der Waals surface area contributed by atoms with Gasteiger partial charge in [-0.2, -0.15) is 0 Å².